The van der Waals surface area contributed by atoms with Gasteiger partial charge in [-0.1, -0.05) is 235 Å². The van der Waals surface area contributed by atoms with Gasteiger partial charge < -0.3 is 14.2 Å². The van der Waals surface area contributed by atoms with Gasteiger partial charge in [0.1, 0.15) is 11.5 Å². The third-order valence-electron chi connectivity index (χ3n) is 16.2. The van der Waals surface area contributed by atoms with Gasteiger partial charge in [-0.15, -0.1) is 0 Å². The van der Waals surface area contributed by atoms with Gasteiger partial charge in [-0.05, 0) is 132 Å². The fourth-order valence-corrected chi connectivity index (χ4v) is 12.8. The third kappa shape index (κ3) is 7.06. The lowest BCUT2D eigenvalue weighted by Crippen LogP contribution is -2.65. The number of hydrogen-bond acceptors (Lipinski definition) is 2. The van der Waals surface area contributed by atoms with Crippen molar-refractivity contribution in [2.24, 2.45) is 0 Å². The van der Waals surface area contributed by atoms with Gasteiger partial charge in [0.25, 0.3) is 0 Å². The molecule has 0 aliphatic carbocycles. The van der Waals surface area contributed by atoms with E-state index < -0.39 is 132 Å². The second-order valence-corrected chi connectivity index (χ2v) is 22.7. The number of ether oxygens (including phenoxy) is 1. The number of benzene rings is 11. The summed E-state index contributed by atoms with van der Waals surface area (Å²) < 4.78 is 175. The summed E-state index contributed by atoms with van der Waals surface area (Å²) in [5.74, 6) is 0.916. The van der Waals surface area contributed by atoms with E-state index in [9.17, 15) is 13.7 Å². The van der Waals surface area contributed by atoms with Crippen molar-refractivity contribution in [1.82, 2.24) is 4.57 Å². The Morgan fingerprint density at radius 3 is 1.67 bits per heavy atom. The summed E-state index contributed by atoms with van der Waals surface area (Å²) in [6.07, 6.45) is 0. The second kappa shape index (κ2) is 17.4. The molecule has 12 aromatic rings. The zero-order chi connectivity index (χ0) is 69.0. The van der Waals surface area contributed by atoms with Crippen LogP contribution in [-0.2, 0) is 16.2 Å². The van der Waals surface area contributed by atoms with E-state index >= 15 is 0 Å². The summed E-state index contributed by atoms with van der Waals surface area (Å²) in [6.45, 7) is 12.0. The SMILES string of the molecule is [2H]c1c([2H])c([2H])c(-c2ccc3c(c2)C2(c4ccccc4Oc4ccccc42)c2cc(-c4c([2H])c([2H])c([2H])c([2H])c4[2H])cc4c2B3c2ccc(-n3c5c([2H])c([2H])c([2H])c([2H])c5c5c([2H])c([2H])c([2H])c([2H])c53)cc2N4c2ccc(C(C)(C)C)cc2-c2ccccc2C(C)(C)C)c([2H])c1[2H]. The molecule has 0 amide bonds. The van der Waals surface area contributed by atoms with Crippen LogP contribution in [0.4, 0.5) is 17.1 Å². The van der Waals surface area contributed by atoms with Gasteiger partial charge in [-0.3, -0.25) is 0 Å². The third-order valence-corrected chi connectivity index (χ3v) is 16.2. The van der Waals surface area contributed by atoms with E-state index in [1.54, 1.807) is 12.1 Å². The number of hydrogen-bond donors (Lipinski definition) is 0. The van der Waals surface area contributed by atoms with Crippen LogP contribution in [0.1, 0.15) is 99.6 Å². The molecular formula is C75H59BN2O. The average molecular weight is 1030 g/mol. The van der Waals surface area contributed by atoms with Crippen LogP contribution < -0.4 is 26.0 Å². The van der Waals surface area contributed by atoms with Gasteiger partial charge in [0.05, 0.1) is 46.8 Å². The molecule has 0 N–H and O–H groups in total. The Morgan fingerprint density at radius 1 is 0.430 bits per heavy atom. The molecule has 0 atom stereocenters. The Kier molecular flexibility index (Phi) is 7.06. The fraction of sp³-hybridized carbons (Fsp3) is 0.120. The molecule has 3 nitrogen and oxygen atoms in total. The number of fused-ring (bicyclic) bond motifs is 13. The van der Waals surface area contributed by atoms with Crippen LogP contribution in [0.3, 0.4) is 0 Å². The Balaban J connectivity index is 1.19. The van der Waals surface area contributed by atoms with Gasteiger partial charge in [-0.25, -0.2) is 0 Å². The monoisotopic (exact) mass is 1030 g/mol. The van der Waals surface area contributed by atoms with Gasteiger partial charge in [-0.2, -0.15) is 0 Å². The highest BCUT2D eigenvalue weighted by Gasteiger charge is 2.55. The number of anilines is 3. The van der Waals surface area contributed by atoms with Gasteiger partial charge in [0.2, 0.25) is 6.71 Å². The molecule has 1 spiro atoms. The molecule has 15 rings (SSSR count). The first-order valence-corrected chi connectivity index (χ1v) is 26.5. The molecule has 4 heterocycles. The first-order chi connectivity index (χ1) is 45.9. The average Bonchev–Trinajstić information content (AvgIpc) is 1.08. The lowest BCUT2D eigenvalue weighted by atomic mass is 9.29. The normalized spacial score (nSPS) is 17.0. The maximum atomic E-state index is 9.80. The Labute approximate surface area is 489 Å². The highest BCUT2D eigenvalue weighted by atomic mass is 16.5. The van der Waals surface area contributed by atoms with E-state index in [-0.39, 0.29) is 49.7 Å². The van der Waals surface area contributed by atoms with Crippen LogP contribution in [0.5, 0.6) is 11.5 Å². The lowest BCUT2D eigenvalue weighted by Gasteiger charge is -2.50. The Hall–Kier alpha value is -9.12. The summed E-state index contributed by atoms with van der Waals surface area (Å²) >= 11 is 0. The van der Waals surface area contributed by atoms with Crippen molar-refractivity contribution in [2.45, 2.75) is 57.8 Å². The minimum absolute atomic E-state index is 0.0549. The van der Waals surface area contributed by atoms with E-state index in [1.165, 1.54) is 4.57 Å². The zero-order valence-electron chi connectivity index (χ0n) is 62.2. The molecule has 11 aromatic carbocycles. The number of nitrogens with zero attached hydrogens (tertiary/aromatic N) is 2. The summed E-state index contributed by atoms with van der Waals surface area (Å²) in [5, 5.41) is -0.226. The van der Waals surface area contributed by atoms with E-state index in [4.69, 9.17) is 15.7 Å². The van der Waals surface area contributed by atoms with E-state index in [2.05, 4.69) is 76.8 Å². The number of rotatable bonds is 5. The summed E-state index contributed by atoms with van der Waals surface area (Å²) in [4.78, 5) is 2.10. The molecule has 3 aliphatic rings. The standard InChI is InChI=1S/C75H59BN2O/c1-73(2,3)52-38-42-67(57(46-52)54-27-13-16-30-58(54)74(4,5)6)78-68-47-53(77-65-33-19-14-28-55(65)56-29-15-20-34-66(56)77)39-41-64(68)76-63-40-37-50(48-23-9-7-10-24-48)43-61(63)75(59-31-17-21-35-70(59)79-71-36-22-18-32-60(71)75)62-44-51(45-69(78)72(62)76)49-25-11-8-12-26-49/h7-47H,1-6H3/i7D,8D,9D,10D,11D,12D,14D,15D,19D,20D,23D,24D,25D,26D,28D,29D,33D,34D. The Morgan fingerprint density at radius 2 is 1.01 bits per heavy atom. The van der Waals surface area contributed by atoms with E-state index in [0.29, 0.717) is 67.2 Å². The molecule has 79 heavy (non-hydrogen) atoms. The minimum atomic E-state index is -1.51. The van der Waals surface area contributed by atoms with Crippen molar-refractivity contribution >= 4 is 62.0 Å². The molecule has 4 heteroatoms. The van der Waals surface area contributed by atoms with E-state index in [0.717, 1.165) is 22.3 Å². The van der Waals surface area contributed by atoms with Crippen molar-refractivity contribution in [3.63, 3.8) is 0 Å². The molecule has 0 saturated carbocycles. The molecule has 0 bridgehead atoms. The van der Waals surface area contributed by atoms with Crippen LogP contribution in [0.25, 0.3) is 60.9 Å². The van der Waals surface area contributed by atoms with Crippen molar-refractivity contribution in [2.75, 3.05) is 4.90 Å². The van der Waals surface area contributed by atoms with Gasteiger partial charge >= 0.3 is 0 Å². The Bertz CT molecular complexity index is 5370. The molecule has 1 aromatic heterocycles. The lowest BCUT2D eigenvalue weighted by molar-refractivity contribution is 0.435. The molecule has 0 radical (unpaired) electrons. The molecule has 0 saturated heterocycles. The maximum absolute atomic E-state index is 9.80. The van der Waals surface area contributed by atoms with Crippen molar-refractivity contribution < 1.29 is 29.4 Å². The predicted octanol–water partition coefficient (Wildman–Crippen LogP) is 17.5. The van der Waals surface area contributed by atoms with E-state index in [1.807, 2.05) is 97.1 Å². The molecule has 0 fully saturated rings. The molecule has 378 valence electrons. The topological polar surface area (TPSA) is 17.4 Å². The van der Waals surface area contributed by atoms with Crippen LogP contribution in [0.15, 0.2) is 248 Å². The van der Waals surface area contributed by atoms with Crippen molar-refractivity contribution in [3.8, 4) is 50.6 Å². The predicted molar refractivity (Wildman–Crippen MR) is 332 cm³/mol. The quantitative estimate of drug-likeness (QED) is 0.160. The first kappa shape index (κ1) is 31.9. The summed E-state index contributed by atoms with van der Waals surface area (Å²) in [6, 6.07) is 34.9. The highest BCUT2D eigenvalue weighted by Crippen LogP contribution is 2.58. The maximum Gasteiger partial charge on any atom is 0.247 e. The zero-order valence-corrected chi connectivity index (χ0v) is 44.2. The molecule has 0 unspecified atom stereocenters. The first-order valence-electron chi connectivity index (χ1n) is 35.5. The number of para-hydroxylation sites is 4. The fourth-order valence-electron chi connectivity index (χ4n) is 12.8. The van der Waals surface area contributed by atoms with Crippen LogP contribution in [-0.4, -0.2) is 11.3 Å². The highest BCUT2D eigenvalue weighted by molar-refractivity contribution is 6.99. The second-order valence-electron chi connectivity index (χ2n) is 22.7. The van der Waals surface area contributed by atoms with Gasteiger partial charge in [0, 0.05) is 44.5 Å². The van der Waals surface area contributed by atoms with Crippen LogP contribution in [0.2, 0.25) is 0 Å². The molecular weight excluding hydrogens is 956 g/mol. The molecule has 3 aliphatic heterocycles. The van der Waals surface area contributed by atoms with Crippen molar-refractivity contribution in [3.05, 3.63) is 282 Å². The minimum Gasteiger partial charge on any atom is -0.457 e. The van der Waals surface area contributed by atoms with Gasteiger partial charge in [0.15, 0.2) is 0 Å². The van der Waals surface area contributed by atoms with Crippen LogP contribution >= 0.6 is 0 Å². The summed E-state index contributed by atoms with van der Waals surface area (Å²) in [5.41, 5.74) is 7.78. The summed E-state index contributed by atoms with van der Waals surface area (Å²) in [7, 11) is 0. The smallest absolute Gasteiger partial charge is 0.247 e. The van der Waals surface area contributed by atoms with Crippen molar-refractivity contribution in [1.29, 1.82) is 0 Å². The largest absolute Gasteiger partial charge is 0.457 e. The van der Waals surface area contributed by atoms with Crippen LogP contribution in [0, 0.1) is 0 Å². The number of aromatic nitrogens is 1.